The highest BCUT2D eigenvalue weighted by Crippen LogP contribution is 2.39. The Labute approximate surface area is 198 Å². The van der Waals surface area contributed by atoms with Crippen LogP contribution in [0.1, 0.15) is 28.8 Å². The molecule has 0 saturated heterocycles. The maximum atomic E-state index is 13.7. The first-order valence-electron chi connectivity index (χ1n) is 10.5. The van der Waals surface area contributed by atoms with Gasteiger partial charge in [0.05, 0.1) is 31.6 Å². The summed E-state index contributed by atoms with van der Waals surface area (Å²) in [5.41, 5.74) is 4.32. The SMILES string of the molecule is COC(=O)c1nc2c(-c3c(-c4ccc(F)cc4)nn4c3CN(C(C)=O)CC4)cc(Cl)nn2c1C. The first kappa shape index (κ1) is 22.0. The van der Waals surface area contributed by atoms with Crippen molar-refractivity contribution >= 4 is 29.1 Å². The van der Waals surface area contributed by atoms with Crippen LogP contribution in [0.25, 0.3) is 28.0 Å². The largest absolute Gasteiger partial charge is 0.464 e. The summed E-state index contributed by atoms with van der Waals surface area (Å²) in [4.78, 5) is 30.7. The molecule has 0 radical (unpaired) electrons. The van der Waals surface area contributed by atoms with Gasteiger partial charge in [-0.05, 0) is 37.3 Å². The molecule has 34 heavy (non-hydrogen) atoms. The second kappa shape index (κ2) is 8.21. The molecule has 174 valence electrons. The normalized spacial score (nSPS) is 13.3. The quantitative estimate of drug-likeness (QED) is 0.415. The van der Waals surface area contributed by atoms with Crippen molar-refractivity contribution in [3.05, 3.63) is 58.4 Å². The maximum Gasteiger partial charge on any atom is 0.358 e. The third-order valence-electron chi connectivity index (χ3n) is 5.97. The van der Waals surface area contributed by atoms with E-state index in [1.165, 1.54) is 30.7 Å². The van der Waals surface area contributed by atoms with Crippen LogP contribution in [0.3, 0.4) is 0 Å². The topological polar surface area (TPSA) is 94.6 Å². The number of esters is 1. The molecule has 4 heterocycles. The van der Waals surface area contributed by atoms with Crippen LogP contribution in [0.5, 0.6) is 0 Å². The molecular formula is C23H20ClFN6O3. The molecule has 0 N–H and O–H groups in total. The zero-order chi connectivity index (χ0) is 24.1. The molecule has 1 amide bonds. The van der Waals surface area contributed by atoms with Crippen LogP contribution in [-0.4, -0.2) is 54.8 Å². The van der Waals surface area contributed by atoms with Crippen LogP contribution in [0.15, 0.2) is 30.3 Å². The minimum Gasteiger partial charge on any atom is -0.464 e. The lowest BCUT2D eigenvalue weighted by molar-refractivity contribution is -0.130. The number of hydrogen-bond acceptors (Lipinski definition) is 6. The van der Waals surface area contributed by atoms with Gasteiger partial charge in [-0.15, -0.1) is 0 Å². The summed E-state index contributed by atoms with van der Waals surface area (Å²) in [7, 11) is 1.28. The number of rotatable bonds is 3. The molecule has 0 aliphatic carbocycles. The van der Waals surface area contributed by atoms with Gasteiger partial charge >= 0.3 is 5.97 Å². The number of nitrogens with zero attached hydrogens (tertiary/aromatic N) is 6. The van der Waals surface area contributed by atoms with Crippen LogP contribution in [-0.2, 0) is 22.6 Å². The van der Waals surface area contributed by atoms with E-state index < -0.39 is 5.97 Å². The molecule has 0 spiro atoms. The van der Waals surface area contributed by atoms with Crippen molar-refractivity contribution in [2.75, 3.05) is 13.7 Å². The van der Waals surface area contributed by atoms with Gasteiger partial charge in [0.25, 0.3) is 0 Å². The highest BCUT2D eigenvalue weighted by molar-refractivity contribution is 6.29. The van der Waals surface area contributed by atoms with Gasteiger partial charge in [-0.3, -0.25) is 9.48 Å². The third kappa shape index (κ3) is 3.50. The van der Waals surface area contributed by atoms with Gasteiger partial charge in [-0.2, -0.15) is 10.2 Å². The van der Waals surface area contributed by atoms with Crippen molar-refractivity contribution in [1.82, 2.24) is 29.3 Å². The summed E-state index contributed by atoms with van der Waals surface area (Å²) >= 11 is 6.40. The van der Waals surface area contributed by atoms with E-state index in [0.717, 1.165) is 5.69 Å². The Morgan fingerprint density at radius 3 is 2.56 bits per heavy atom. The molecule has 3 aromatic heterocycles. The zero-order valence-corrected chi connectivity index (χ0v) is 19.4. The van der Waals surface area contributed by atoms with E-state index in [1.54, 1.807) is 30.0 Å². The second-order valence-corrected chi connectivity index (χ2v) is 8.38. The van der Waals surface area contributed by atoms with Crippen LogP contribution in [0.2, 0.25) is 5.15 Å². The summed E-state index contributed by atoms with van der Waals surface area (Å²) < 4.78 is 21.9. The van der Waals surface area contributed by atoms with Crippen LogP contribution in [0.4, 0.5) is 4.39 Å². The van der Waals surface area contributed by atoms with Gasteiger partial charge in [-0.25, -0.2) is 18.7 Å². The molecule has 0 unspecified atom stereocenters. The molecule has 4 aromatic rings. The highest BCUT2D eigenvalue weighted by Gasteiger charge is 2.30. The second-order valence-electron chi connectivity index (χ2n) is 7.99. The Morgan fingerprint density at radius 1 is 1.15 bits per heavy atom. The standard InChI is InChI=1S/C23H20ClFN6O3/c1-12-20(23(33)34-3)26-22-16(10-18(24)27-31(12)22)19-17-11-29(13(2)32)8-9-30(17)28-21(19)14-4-6-15(25)7-5-14/h4-7,10H,8-9,11H2,1-3H3. The van der Waals surface area contributed by atoms with E-state index in [2.05, 4.69) is 10.1 Å². The van der Waals surface area contributed by atoms with Crippen LogP contribution >= 0.6 is 11.6 Å². The minimum atomic E-state index is -0.594. The van der Waals surface area contributed by atoms with Crippen molar-refractivity contribution in [2.45, 2.75) is 26.9 Å². The zero-order valence-electron chi connectivity index (χ0n) is 18.7. The average Bonchev–Trinajstić information content (AvgIpc) is 3.36. The van der Waals surface area contributed by atoms with E-state index in [-0.39, 0.29) is 22.6 Å². The van der Waals surface area contributed by atoms with E-state index >= 15 is 0 Å². The lowest BCUT2D eigenvalue weighted by Gasteiger charge is -2.27. The monoisotopic (exact) mass is 482 g/mol. The fourth-order valence-electron chi connectivity index (χ4n) is 4.25. The summed E-state index contributed by atoms with van der Waals surface area (Å²) in [5.74, 6) is -1.01. The van der Waals surface area contributed by atoms with Gasteiger partial charge in [0.15, 0.2) is 16.5 Å². The number of imidazole rings is 1. The van der Waals surface area contributed by atoms with Crippen molar-refractivity contribution in [1.29, 1.82) is 0 Å². The number of benzene rings is 1. The molecule has 0 atom stereocenters. The fourth-order valence-corrected chi connectivity index (χ4v) is 4.44. The Kier molecular flexibility index (Phi) is 5.32. The first-order chi connectivity index (χ1) is 16.3. The summed E-state index contributed by atoms with van der Waals surface area (Å²) in [6, 6.07) is 7.67. The molecule has 0 saturated carbocycles. The van der Waals surface area contributed by atoms with Crippen molar-refractivity contribution < 1.29 is 18.7 Å². The Hall–Kier alpha value is -3.79. The molecule has 1 aliphatic rings. The number of hydrogen-bond donors (Lipinski definition) is 0. The van der Waals surface area contributed by atoms with Gasteiger partial charge < -0.3 is 9.64 Å². The molecule has 5 rings (SSSR count). The third-order valence-corrected chi connectivity index (χ3v) is 6.15. The molecule has 0 fully saturated rings. The Morgan fingerprint density at radius 2 is 1.88 bits per heavy atom. The van der Waals surface area contributed by atoms with E-state index in [9.17, 15) is 14.0 Å². The number of aromatic nitrogens is 5. The van der Waals surface area contributed by atoms with Crippen LogP contribution < -0.4 is 0 Å². The maximum absolute atomic E-state index is 13.7. The average molecular weight is 483 g/mol. The van der Waals surface area contributed by atoms with Gasteiger partial charge in [0, 0.05) is 30.2 Å². The number of methoxy groups -OCH3 is 1. The van der Waals surface area contributed by atoms with Crippen molar-refractivity contribution in [3.8, 4) is 22.4 Å². The number of fused-ring (bicyclic) bond motifs is 2. The van der Waals surface area contributed by atoms with Gasteiger partial charge in [0.2, 0.25) is 5.91 Å². The van der Waals surface area contributed by atoms with Gasteiger partial charge in [-0.1, -0.05) is 11.6 Å². The number of ether oxygens (including phenoxy) is 1. The van der Waals surface area contributed by atoms with Crippen molar-refractivity contribution in [3.63, 3.8) is 0 Å². The number of aryl methyl sites for hydroxylation is 1. The number of carbonyl (C=O) groups is 2. The smallest absolute Gasteiger partial charge is 0.358 e. The number of amides is 1. The molecule has 9 nitrogen and oxygen atoms in total. The minimum absolute atomic E-state index is 0.0516. The number of carbonyl (C=O) groups excluding carboxylic acids is 2. The molecular weight excluding hydrogens is 463 g/mol. The Bertz CT molecular complexity index is 1460. The van der Waals surface area contributed by atoms with Gasteiger partial charge in [0.1, 0.15) is 11.5 Å². The molecule has 1 aliphatic heterocycles. The summed E-state index contributed by atoms with van der Waals surface area (Å²) in [6.45, 7) is 4.57. The fraction of sp³-hybridized carbons (Fsp3) is 0.261. The predicted molar refractivity (Wildman–Crippen MR) is 122 cm³/mol. The summed E-state index contributed by atoms with van der Waals surface area (Å²) in [5, 5.41) is 9.31. The Balaban J connectivity index is 1.83. The van der Waals surface area contributed by atoms with Crippen molar-refractivity contribution in [2.24, 2.45) is 0 Å². The first-order valence-corrected chi connectivity index (χ1v) is 10.9. The molecule has 0 bridgehead atoms. The van der Waals surface area contributed by atoms with E-state index in [0.29, 0.717) is 53.4 Å². The van der Waals surface area contributed by atoms with E-state index in [4.69, 9.17) is 21.4 Å². The lowest BCUT2D eigenvalue weighted by Crippen LogP contribution is -2.37. The molecule has 1 aromatic carbocycles. The van der Waals surface area contributed by atoms with E-state index in [1.807, 2.05) is 4.68 Å². The number of halogens is 2. The predicted octanol–water partition coefficient (Wildman–Crippen LogP) is 3.51. The lowest BCUT2D eigenvalue weighted by atomic mass is 9.99. The summed E-state index contributed by atoms with van der Waals surface area (Å²) in [6.07, 6.45) is 0. The van der Waals surface area contributed by atoms with Crippen LogP contribution in [0, 0.1) is 12.7 Å². The molecule has 11 heteroatoms. The highest BCUT2D eigenvalue weighted by atomic mass is 35.5.